The largest absolute Gasteiger partial charge is 0.492 e. The van der Waals surface area contributed by atoms with Crippen LogP contribution in [0.1, 0.15) is 18.9 Å². The molecule has 4 heteroatoms. The van der Waals surface area contributed by atoms with Crippen LogP contribution >= 0.6 is 11.8 Å². The van der Waals surface area contributed by atoms with Gasteiger partial charge in [0.1, 0.15) is 5.75 Å². The third kappa shape index (κ3) is 3.64. The van der Waals surface area contributed by atoms with Crippen molar-refractivity contribution in [2.75, 3.05) is 19.0 Å². The molecule has 1 aromatic carbocycles. The Labute approximate surface area is 113 Å². The number of hydrogen-bond donors (Lipinski definition) is 1. The molecule has 0 saturated carbocycles. The second-order valence-corrected chi connectivity index (χ2v) is 5.78. The van der Waals surface area contributed by atoms with Crippen molar-refractivity contribution >= 4 is 11.8 Å². The molecule has 1 aliphatic rings. The summed E-state index contributed by atoms with van der Waals surface area (Å²) in [6.45, 7) is 4.30. The maximum Gasteiger partial charge on any atom is 0.123 e. The first-order valence-corrected chi connectivity index (χ1v) is 7.50. The van der Waals surface area contributed by atoms with Crippen molar-refractivity contribution in [1.82, 2.24) is 0 Å². The average Bonchev–Trinajstić information content (AvgIpc) is 2.81. The zero-order chi connectivity index (χ0) is 12.8. The molecule has 2 N–H and O–H groups in total. The number of ether oxygens (including phenoxy) is 2. The fourth-order valence-corrected chi connectivity index (χ4v) is 3.19. The number of hydrogen-bond acceptors (Lipinski definition) is 4. The molecule has 0 amide bonds. The van der Waals surface area contributed by atoms with Crippen LogP contribution in [0.4, 0.5) is 0 Å². The Morgan fingerprint density at radius 3 is 3.00 bits per heavy atom. The number of nitrogens with two attached hydrogens (primary N) is 1. The molecule has 1 heterocycles. The normalized spacial score (nSPS) is 23.2. The van der Waals surface area contributed by atoms with Gasteiger partial charge in [-0.05, 0) is 19.4 Å². The Morgan fingerprint density at radius 1 is 1.44 bits per heavy atom. The van der Waals surface area contributed by atoms with E-state index >= 15 is 0 Å². The third-order valence-electron chi connectivity index (χ3n) is 3.17. The van der Waals surface area contributed by atoms with Gasteiger partial charge in [-0.2, -0.15) is 11.8 Å². The highest BCUT2D eigenvalue weighted by Crippen LogP contribution is 2.26. The van der Waals surface area contributed by atoms with Crippen molar-refractivity contribution in [1.29, 1.82) is 0 Å². The van der Waals surface area contributed by atoms with Crippen LogP contribution in [-0.2, 0) is 11.3 Å². The Hall–Kier alpha value is -0.710. The van der Waals surface area contributed by atoms with Crippen molar-refractivity contribution in [3.05, 3.63) is 29.8 Å². The van der Waals surface area contributed by atoms with Gasteiger partial charge in [0, 0.05) is 29.7 Å². The summed E-state index contributed by atoms with van der Waals surface area (Å²) in [6.07, 6.45) is 1.54. The Bertz CT molecular complexity index is 373. The zero-order valence-corrected chi connectivity index (χ0v) is 11.6. The monoisotopic (exact) mass is 267 g/mol. The molecule has 100 valence electrons. The third-order valence-corrected chi connectivity index (χ3v) is 4.62. The number of rotatable bonds is 6. The van der Waals surface area contributed by atoms with E-state index in [-0.39, 0.29) is 0 Å². The van der Waals surface area contributed by atoms with Crippen LogP contribution in [-0.4, -0.2) is 30.3 Å². The molecule has 0 bridgehead atoms. The molecule has 1 aliphatic heterocycles. The van der Waals surface area contributed by atoms with Gasteiger partial charge in [-0.1, -0.05) is 18.2 Å². The van der Waals surface area contributed by atoms with Crippen LogP contribution in [0.3, 0.4) is 0 Å². The van der Waals surface area contributed by atoms with E-state index in [2.05, 4.69) is 6.92 Å². The second-order valence-electron chi connectivity index (χ2n) is 4.43. The van der Waals surface area contributed by atoms with Crippen LogP contribution in [0.15, 0.2) is 24.3 Å². The summed E-state index contributed by atoms with van der Waals surface area (Å²) < 4.78 is 11.3. The van der Waals surface area contributed by atoms with Crippen molar-refractivity contribution in [3.63, 3.8) is 0 Å². The molecular weight excluding hydrogens is 246 g/mol. The van der Waals surface area contributed by atoms with Crippen LogP contribution in [0, 0.1) is 0 Å². The predicted octanol–water partition coefficient (Wildman–Crippen LogP) is 2.43. The molecule has 0 aliphatic carbocycles. The molecule has 0 aromatic heterocycles. The first kappa shape index (κ1) is 13.7. The minimum atomic E-state index is 0.381. The molecule has 2 unspecified atom stereocenters. The highest BCUT2D eigenvalue weighted by Gasteiger charge is 2.24. The fraction of sp³-hybridized carbons (Fsp3) is 0.571. The van der Waals surface area contributed by atoms with Crippen LogP contribution in [0.25, 0.3) is 0 Å². The van der Waals surface area contributed by atoms with Gasteiger partial charge < -0.3 is 15.2 Å². The molecular formula is C14H21NO2S. The minimum Gasteiger partial charge on any atom is -0.492 e. The molecule has 18 heavy (non-hydrogen) atoms. The van der Waals surface area contributed by atoms with E-state index in [1.165, 1.54) is 0 Å². The highest BCUT2D eigenvalue weighted by molar-refractivity contribution is 8.00. The summed E-state index contributed by atoms with van der Waals surface area (Å²) in [6, 6.07) is 7.96. The zero-order valence-electron chi connectivity index (χ0n) is 10.8. The maximum absolute atomic E-state index is 5.78. The second kappa shape index (κ2) is 7.02. The van der Waals surface area contributed by atoms with Gasteiger partial charge >= 0.3 is 0 Å². The van der Waals surface area contributed by atoms with Crippen molar-refractivity contribution in [2.24, 2.45) is 5.73 Å². The average molecular weight is 267 g/mol. The van der Waals surface area contributed by atoms with Gasteiger partial charge in [0.25, 0.3) is 0 Å². The maximum atomic E-state index is 5.78. The van der Waals surface area contributed by atoms with E-state index in [4.69, 9.17) is 15.2 Å². The number of benzene rings is 1. The minimum absolute atomic E-state index is 0.381. The smallest absolute Gasteiger partial charge is 0.123 e. The molecule has 1 aromatic rings. The lowest BCUT2D eigenvalue weighted by Gasteiger charge is -2.14. The lowest BCUT2D eigenvalue weighted by molar-refractivity contribution is 0.127. The Kier molecular flexibility index (Phi) is 5.35. The molecule has 0 radical (unpaired) electrons. The van der Waals surface area contributed by atoms with Gasteiger partial charge in [-0.3, -0.25) is 0 Å². The summed E-state index contributed by atoms with van der Waals surface area (Å²) in [4.78, 5) is 0. The topological polar surface area (TPSA) is 44.5 Å². The fourth-order valence-electron chi connectivity index (χ4n) is 2.10. The standard InChI is InChI=1S/C14H21NO2S/c1-11-14(6-7-16-11)18-9-8-17-13-5-3-2-4-12(13)10-15/h2-5,11,14H,6-10,15H2,1H3. The lowest BCUT2D eigenvalue weighted by Crippen LogP contribution is -2.15. The predicted molar refractivity (Wildman–Crippen MR) is 76.1 cm³/mol. The Morgan fingerprint density at radius 2 is 2.28 bits per heavy atom. The van der Waals surface area contributed by atoms with Gasteiger partial charge in [0.05, 0.1) is 12.7 Å². The van der Waals surface area contributed by atoms with Gasteiger partial charge in [-0.15, -0.1) is 0 Å². The molecule has 1 fully saturated rings. The Balaban J connectivity index is 1.71. The molecule has 1 saturated heterocycles. The first-order valence-electron chi connectivity index (χ1n) is 6.45. The van der Waals surface area contributed by atoms with Crippen molar-refractivity contribution < 1.29 is 9.47 Å². The van der Waals surface area contributed by atoms with Crippen molar-refractivity contribution in [3.8, 4) is 5.75 Å². The summed E-state index contributed by atoms with van der Waals surface area (Å²) >= 11 is 1.94. The first-order chi connectivity index (χ1) is 8.81. The van der Waals surface area contributed by atoms with E-state index < -0.39 is 0 Å². The summed E-state index contributed by atoms with van der Waals surface area (Å²) in [5, 5.41) is 0.623. The number of para-hydroxylation sites is 1. The van der Waals surface area contributed by atoms with E-state index in [0.29, 0.717) is 17.9 Å². The quantitative estimate of drug-likeness (QED) is 0.804. The van der Waals surface area contributed by atoms with Crippen LogP contribution in [0.2, 0.25) is 0 Å². The SMILES string of the molecule is CC1OCCC1SCCOc1ccccc1CN. The van der Waals surface area contributed by atoms with Crippen molar-refractivity contribution in [2.45, 2.75) is 31.2 Å². The molecule has 2 atom stereocenters. The highest BCUT2D eigenvalue weighted by atomic mass is 32.2. The summed E-state index contributed by atoms with van der Waals surface area (Å²) in [5.74, 6) is 1.91. The number of thioether (sulfide) groups is 1. The summed E-state index contributed by atoms with van der Waals surface area (Å²) in [5.41, 5.74) is 6.74. The van der Waals surface area contributed by atoms with E-state index in [9.17, 15) is 0 Å². The van der Waals surface area contributed by atoms with E-state index in [0.717, 1.165) is 36.7 Å². The summed E-state index contributed by atoms with van der Waals surface area (Å²) in [7, 11) is 0. The van der Waals surface area contributed by atoms with Gasteiger partial charge in [-0.25, -0.2) is 0 Å². The molecule has 2 rings (SSSR count). The molecule has 3 nitrogen and oxygen atoms in total. The van der Waals surface area contributed by atoms with Crippen LogP contribution in [0.5, 0.6) is 5.75 Å². The van der Waals surface area contributed by atoms with Gasteiger partial charge in [0.15, 0.2) is 0 Å². The van der Waals surface area contributed by atoms with E-state index in [1.54, 1.807) is 0 Å². The molecule has 0 spiro atoms. The van der Waals surface area contributed by atoms with Gasteiger partial charge in [0.2, 0.25) is 0 Å². The lowest BCUT2D eigenvalue weighted by atomic mass is 10.2. The van der Waals surface area contributed by atoms with E-state index in [1.807, 2.05) is 36.0 Å². The van der Waals surface area contributed by atoms with Crippen LogP contribution < -0.4 is 10.5 Å².